The fourth-order valence-electron chi connectivity index (χ4n) is 2.32. The molecule has 0 aliphatic heterocycles. The van der Waals surface area contributed by atoms with Crippen molar-refractivity contribution in [1.29, 1.82) is 0 Å². The van der Waals surface area contributed by atoms with Crippen LogP contribution >= 0.6 is 0 Å². The molecule has 3 rings (SSSR count). The van der Waals surface area contributed by atoms with Crippen molar-refractivity contribution < 1.29 is 8.78 Å². The van der Waals surface area contributed by atoms with Crippen LogP contribution in [0, 0.1) is 11.6 Å². The van der Waals surface area contributed by atoms with E-state index in [2.05, 4.69) is 35.9 Å². The average molecular weight is 371 g/mol. The predicted octanol–water partition coefficient (Wildman–Crippen LogP) is 3.82. The van der Waals surface area contributed by atoms with Crippen LogP contribution in [-0.4, -0.2) is 33.0 Å². The Morgan fingerprint density at radius 3 is 2.26 bits per heavy atom. The molecule has 0 atom stereocenters. The van der Waals surface area contributed by atoms with E-state index in [1.54, 1.807) is 13.1 Å². The Morgan fingerprint density at radius 2 is 1.59 bits per heavy atom. The quantitative estimate of drug-likeness (QED) is 0.607. The highest BCUT2D eigenvalue weighted by atomic mass is 19.1. The number of aromatic nitrogens is 4. The van der Waals surface area contributed by atoms with Gasteiger partial charge in [0, 0.05) is 24.8 Å². The molecule has 0 amide bonds. The third kappa shape index (κ3) is 4.84. The van der Waals surface area contributed by atoms with Crippen molar-refractivity contribution in [2.45, 2.75) is 19.9 Å². The summed E-state index contributed by atoms with van der Waals surface area (Å²) in [5, 5.41) is 8.86. The summed E-state index contributed by atoms with van der Waals surface area (Å²) in [6.45, 7) is 3.89. The van der Waals surface area contributed by atoms with Crippen LogP contribution in [-0.2, 0) is 0 Å². The van der Waals surface area contributed by atoms with E-state index >= 15 is 0 Å². The van der Waals surface area contributed by atoms with Crippen LogP contribution in [0.5, 0.6) is 0 Å². The van der Waals surface area contributed by atoms with Gasteiger partial charge in [-0.1, -0.05) is 6.07 Å². The molecule has 0 unspecified atom stereocenters. The van der Waals surface area contributed by atoms with Crippen LogP contribution in [0.3, 0.4) is 0 Å². The molecule has 0 fully saturated rings. The fraction of sp³-hybridized carbons (Fsp3) is 0.222. The maximum Gasteiger partial charge on any atom is 0.232 e. The van der Waals surface area contributed by atoms with Crippen molar-refractivity contribution >= 4 is 23.4 Å². The summed E-state index contributed by atoms with van der Waals surface area (Å²) in [5.74, 6) is 0.0554. The molecular formula is C18H19F2N7. The van der Waals surface area contributed by atoms with Crippen LogP contribution in [0.2, 0.25) is 0 Å². The molecule has 0 aliphatic rings. The van der Waals surface area contributed by atoms with Gasteiger partial charge in [0.05, 0.1) is 0 Å². The van der Waals surface area contributed by atoms with Crippen molar-refractivity contribution in [2.24, 2.45) is 0 Å². The van der Waals surface area contributed by atoms with Gasteiger partial charge in [-0.3, -0.25) is 0 Å². The Kier molecular flexibility index (Phi) is 5.39. The van der Waals surface area contributed by atoms with Crippen LogP contribution in [0.1, 0.15) is 13.8 Å². The first-order valence-electron chi connectivity index (χ1n) is 8.34. The van der Waals surface area contributed by atoms with E-state index in [0.717, 1.165) is 18.2 Å². The monoisotopic (exact) mass is 371 g/mol. The Balaban J connectivity index is 2.01. The second-order valence-corrected chi connectivity index (χ2v) is 6.05. The molecule has 0 bridgehead atoms. The summed E-state index contributed by atoms with van der Waals surface area (Å²) < 4.78 is 26.9. The first kappa shape index (κ1) is 18.4. The van der Waals surface area contributed by atoms with E-state index in [1.165, 1.54) is 0 Å². The van der Waals surface area contributed by atoms with Gasteiger partial charge in [-0.25, -0.2) is 13.8 Å². The zero-order chi connectivity index (χ0) is 19.4. The molecule has 3 N–H and O–H groups in total. The zero-order valence-corrected chi connectivity index (χ0v) is 15.1. The molecule has 140 valence electrons. The first-order chi connectivity index (χ1) is 12.9. The molecule has 7 nitrogen and oxygen atoms in total. The molecule has 2 aromatic heterocycles. The minimum absolute atomic E-state index is 0.0799. The maximum atomic E-state index is 13.4. The van der Waals surface area contributed by atoms with Crippen LogP contribution in [0.25, 0.3) is 11.5 Å². The number of benzene rings is 1. The van der Waals surface area contributed by atoms with Gasteiger partial charge in [0.2, 0.25) is 11.9 Å². The molecule has 1 aromatic carbocycles. The van der Waals surface area contributed by atoms with Crippen molar-refractivity contribution in [3.05, 3.63) is 48.0 Å². The maximum absolute atomic E-state index is 13.4. The predicted molar refractivity (Wildman–Crippen MR) is 101 cm³/mol. The smallest absolute Gasteiger partial charge is 0.232 e. The van der Waals surface area contributed by atoms with Gasteiger partial charge in [0.1, 0.15) is 23.1 Å². The Hall–Kier alpha value is -3.36. The van der Waals surface area contributed by atoms with Crippen LogP contribution < -0.4 is 16.0 Å². The molecule has 0 spiro atoms. The number of nitrogens with zero attached hydrogens (tertiary/aromatic N) is 4. The lowest BCUT2D eigenvalue weighted by atomic mass is 10.3. The van der Waals surface area contributed by atoms with Crippen molar-refractivity contribution in [2.75, 3.05) is 23.0 Å². The number of rotatable bonds is 6. The van der Waals surface area contributed by atoms with E-state index in [-0.39, 0.29) is 17.7 Å². The van der Waals surface area contributed by atoms with Gasteiger partial charge >= 0.3 is 0 Å². The van der Waals surface area contributed by atoms with Gasteiger partial charge in [-0.05, 0) is 38.1 Å². The standard InChI is InChI=1S/C18H19F2N7/c1-10(2)22-17-25-16(14-5-4-6-15(21-3)24-14)26-18(27-17)23-13-8-11(19)7-12(20)9-13/h4-10H,1-3H3,(H,21,24)(H2,22,23,25,26,27). The van der Waals surface area contributed by atoms with E-state index in [4.69, 9.17) is 0 Å². The minimum Gasteiger partial charge on any atom is -0.373 e. The highest BCUT2D eigenvalue weighted by Gasteiger charge is 2.12. The van der Waals surface area contributed by atoms with Gasteiger partial charge in [0.25, 0.3) is 0 Å². The number of pyridine rings is 1. The minimum atomic E-state index is -0.698. The van der Waals surface area contributed by atoms with Gasteiger partial charge in [-0.2, -0.15) is 15.0 Å². The zero-order valence-electron chi connectivity index (χ0n) is 15.1. The summed E-state index contributed by atoms with van der Waals surface area (Å²) >= 11 is 0. The summed E-state index contributed by atoms with van der Waals surface area (Å²) in [7, 11) is 1.76. The highest BCUT2D eigenvalue weighted by Crippen LogP contribution is 2.21. The SMILES string of the molecule is CNc1cccc(-c2nc(Nc3cc(F)cc(F)c3)nc(NC(C)C)n2)n1. The molecule has 3 aromatic rings. The summed E-state index contributed by atoms with van der Waals surface area (Å²) in [6, 6.07) is 8.58. The molecule has 9 heteroatoms. The average Bonchev–Trinajstić information content (AvgIpc) is 2.60. The topological polar surface area (TPSA) is 87.7 Å². The first-order valence-corrected chi connectivity index (χ1v) is 8.34. The van der Waals surface area contributed by atoms with Crippen molar-refractivity contribution in [3.63, 3.8) is 0 Å². The summed E-state index contributed by atoms with van der Waals surface area (Å²) in [5.41, 5.74) is 0.724. The Morgan fingerprint density at radius 1 is 0.889 bits per heavy atom. The largest absolute Gasteiger partial charge is 0.373 e. The molecule has 2 heterocycles. The lowest BCUT2D eigenvalue weighted by Gasteiger charge is -2.12. The molecule has 0 saturated carbocycles. The molecule has 27 heavy (non-hydrogen) atoms. The number of hydrogen-bond donors (Lipinski definition) is 3. The lowest BCUT2D eigenvalue weighted by molar-refractivity contribution is 0.584. The second kappa shape index (κ2) is 7.90. The fourth-order valence-corrected chi connectivity index (χ4v) is 2.32. The molecule has 0 radical (unpaired) electrons. The molecule has 0 saturated heterocycles. The van der Waals surface area contributed by atoms with E-state index < -0.39 is 11.6 Å². The molecular weight excluding hydrogens is 352 g/mol. The number of anilines is 4. The van der Waals surface area contributed by atoms with Gasteiger partial charge in [0.15, 0.2) is 5.82 Å². The normalized spacial score (nSPS) is 10.7. The number of hydrogen-bond acceptors (Lipinski definition) is 7. The molecule has 0 aliphatic carbocycles. The van der Waals surface area contributed by atoms with Crippen molar-refractivity contribution in [1.82, 2.24) is 19.9 Å². The van der Waals surface area contributed by atoms with Crippen LogP contribution in [0.4, 0.5) is 32.2 Å². The van der Waals surface area contributed by atoms with Gasteiger partial charge in [-0.15, -0.1) is 0 Å². The highest BCUT2D eigenvalue weighted by molar-refractivity contribution is 5.60. The summed E-state index contributed by atoms with van der Waals surface area (Å²) in [4.78, 5) is 17.4. The van der Waals surface area contributed by atoms with E-state index in [9.17, 15) is 8.78 Å². The summed E-state index contributed by atoms with van der Waals surface area (Å²) in [6.07, 6.45) is 0. The van der Waals surface area contributed by atoms with Crippen LogP contribution in [0.15, 0.2) is 36.4 Å². The lowest BCUT2D eigenvalue weighted by Crippen LogP contribution is -2.14. The third-order valence-corrected chi connectivity index (χ3v) is 3.41. The van der Waals surface area contributed by atoms with Crippen molar-refractivity contribution in [3.8, 4) is 11.5 Å². The van der Waals surface area contributed by atoms with E-state index in [1.807, 2.05) is 26.0 Å². The number of nitrogens with one attached hydrogen (secondary N) is 3. The number of halogens is 2. The van der Waals surface area contributed by atoms with Gasteiger partial charge < -0.3 is 16.0 Å². The third-order valence-electron chi connectivity index (χ3n) is 3.41. The van der Waals surface area contributed by atoms with E-state index in [0.29, 0.717) is 23.3 Å². The Labute approximate surface area is 155 Å². The second-order valence-electron chi connectivity index (χ2n) is 6.05. The Bertz CT molecular complexity index is 926.